The van der Waals surface area contributed by atoms with E-state index in [0.29, 0.717) is 15.4 Å². The molecule has 0 spiro atoms. The van der Waals surface area contributed by atoms with Crippen LogP contribution in [0.5, 0.6) is 0 Å². The van der Waals surface area contributed by atoms with Gasteiger partial charge in [-0.3, -0.25) is 0 Å². The fourth-order valence-electron chi connectivity index (χ4n) is 1.74. The van der Waals surface area contributed by atoms with Gasteiger partial charge in [-0.05, 0) is 24.6 Å². The summed E-state index contributed by atoms with van der Waals surface area (Å²) in [5.41, 5.74) is 1.81. The quantitative estimate of drug-likeness (QED) is 0.926. The molecule has 0 amide bonds. The van der Waals surface area contributed by atoms with Crippen molar-refractivity contribution in [1.29, 1.82) is 0 Å². The van der Waals surface area contributed by atoms with E-state index in [2.05, 4.69) is 6.58 Å². The van der Waals surface area contributed by atoms with E-state index in [0.717, 1.165) is 5.56 Å². The molecule has 1 unspecified atom stereocenters. The van der Waals surface area contributed by atoms with E-state index in [4.69, 9.17) is 0 Å². The maximum atomic E-state index is 12.3. The topological polar surface area (TPSA) is 37.3 Å². The summed E-state index contributed by atoms with van der Waals surface area (Å²) < 4.78 is 12.3. The molecule has 0 aliphatic carbocycles. The molecule has 3 heteroatoms. The SMILES string of the molecule is C=C(C(O)c1ccccc1)[S@@](=O)c1ccc(C)cc1. The van der Waals surface area contributed by atoms with Crippen molar-refractivity contribution < 1.29 is 9.32 Å². The third-order valence-corrected chi connectivity index (χ3v) is 4.29. The van der Waals surface area contributed by atoms with Gasteiger partial charge in [0, 0.05) is 9.80 Å². The second-order valence-electron chi connectivity index (χ2n) is 4.36. The smallest absolute Gasteiger partial charge is 0.112 e. The van der Waals surface area contributed by atoms with Crippen LogP contribution in [0.4, 0.5) is 0 Å². The van der Waals surface area contributed by atoms with Crippen molar-refractivity contribution in [3.05, 3.63) is 77.2 Å². The lowest BCUT2D eigenvalue weighted by Gasteiger charge is -2.13. The molecule has 0 saturated carbocycles. The Morgan fingerprint density at radius 2 is 1.68 bits per heavy atom. The van der Waals surface area contributed by atoms with E-state index in [1.807, 2.05) is 37.3 Å². The maximum Gasteiger partial charge on any atom is 0.112 e. The third kappa shape index (κ3) is 3.19. The van der Waals surface area contributed by atoms with Gasteiger partial charge >= 0.3 is 0 Å². The van der Waals surface area contributed by atoms with Gasteiger partial charge in [-0.1, -0.05) is 54.6 Å². The summed E-state index contributed by atoms with van der Waals surface area (Å²) in [4.78, 5) is 0.959. The molecule has 98 valence electrons. The highest BCUT2D eigenvalue weighted by atomic mass is 32.2. The molecule has 1 N–H and O–H groups in total. The lowest BCUT2D eigenvalue weighted by Crippen LogP contribution is -2.06. The minimum atomic E-state index is -1.41. The molecule has 2 aromatic rings. The molecule has 0 radical (unpaired) electrons. The Balaban J connectivity index is 2.20. The fraction of sp³-hybridized carbons (Fsp3) is 0.125. The van der Waals surface area contributed by atoms with Gasteiger partial charge in [-0.15, -0.1) is 0 Å². The highest BCUT2D eigenvalue weighted by molar-refractivity contribution is 7.89. The average Bonchev–Trinajstić information content (AvgIpc) is 2.46. The highest BCUT2D eigenvalue weighted by Crippen LogP contribution is 2.26. The predicted molar refractivity (Wildman–Crippen MR) is 78.1 cm³/mol. The van der Waals surface area contributed by atoms with Gasteiger partial charge in [-0.2, -0.15) is 0 Å². The van der Waals surface area contributed by atoms with Gasteiger partial charge < -0.3 is 5.11 Å². The number of aliphatic hydroxyl groups excluding tert-OH is 1. The first kappa shape index (κ1) is 13.7. The van der Waals surface area contributed by atoms with E-state index >= 15 is 0 Å². The first-order valence-corrected chi connectivity index (χ1v) is 7.15. The first-order valence-electron chi connectivity index (χ1n) is 6.00. The lowest BCUT2D eigenvalue weighted by atomic mass is 10.1. The van der Waals surface area contributed by atoms with Crippen LogP contribution in [0.15, 0.2) is 71.0 Å². The zero-order valence-corrected chi connectivity index (χ0v) is 11.6. The Morgan fingerprint density at radius 1 is 1.11 bits per heavy atom. The standard InChI is InChI=1S/C16H16O2S/c1-12-8-10-15(11-9-12)19(18)13(2)16(17)14-6-4-3-5-7-14/h3-11,16-17H,2H2,1H3/t16?,19-/m1/s1. The maximum absolute atomic E-state index is 12.3. The van der Waals surface area contributed by atoms with E-state index in [-0.39, 0.29) is 0 Å². The molecule has 0 heterocycles. The van der Waals surface area contributed by atoms with Crippen LogP contribution in [0, 0.1) is 6.92 Å². The van der Waals surface area contributed by atoms with Crippen LogP contribution in [-0.4, -0.2) is 9.32 Å². The average molecular weight is 272 g/mol. The lowest BCUT2D eigenvalue weighted by molar-refractivity contribution is 0.224. The van der Waals surface area contributed by atoms with Crippen LogP contribution in [0.2, 0.25) is 0 Å². The second-order valence-corrected chi connectivity index (χ2v) is 5.89. The fourth-order valence-corrected chi connectivity index (χ4v) is 2.76. The van der Waals surface area contributed by atoms with Crippen LogP contribution in [0.1, 0.15) is 17.2 Å². The molecule has 2 aromatic carbocycles. The Morgan fingerprint density at radius 3 is 2.26 bits per heavy atom. The molecule has 19 heavy (non-hydrogen) atoms. The number of benzene rings is 2. The summed E-state index contributed by atoms with van der Waals surface area (Å²) in [6.07, 6.45) is -0.914. The minimum absolute atomic E-state index is 0.301. The molecule has 0 fully saturated rings. The number of hydrogen-bond donors (Lipinski definition) is 1. The zero-order valence-electron chi connectivity index (χ0n) is 10.7. The van der Waals surface area contributed by atoms with Crippen LogP contribution < -0.4 is 0 Å². The summed E-state index contributed by atoms with van der Waals surface area (Å²) in [5, 5.41) is 10.2. The summed E-state index contributed by atoms with van der Waals surface area (Å²) in [5.74, 6) is 0. The van der Waals surface area contributed by atoms with Crippen molar-refractivity contribution >= 4 is 10.8 Å². The molecule has 0 aliphatic heterocycles. The van der Waals surface area contributed by atoms with Crippen LogP contribution >= 0.6 is 0 Å². The van der Waals surface area contributed by atoms with E-state index < -0.39 is 16.9 Å². The van der Waals surface area contributed by atoms with E-state index in [1.54, 1.807) is 24.3 Å². The predicted octanol–water partition coefficient (Wildman–Crippen LogP) is 3.35. The summed E-state index contributed by atoms with van der Waals surface area (Å²) in [7, 11) is -1.41. The number of aliphatic hydroxyl groups is 1. The van der Waals surface area contributed by atoms with Crippen molar-refractivity contribution in [2.45, 2.75) is 17.9 Å². The van der Waals surface area contributed by atoms with Gasteiger partial charge in [-0.25, -0.2) is 4.21 Å². The molecule has 2 nitrogen and oxygen atoms in total. The van der Waals surface area contributed by atoms with Crippen LogP contribution in [-0.2, 0) is 10.8 Å². The molecule has 0 bridgehead atoms. The monoisotopic (exact) mass is 272 g/mol. The number of rotatable bonds is 4. The van der Waals surface area contributed by atoms with Gasteiger partial charge in [0.1, 0.15) is 6.10 Å². The molecule has 2 atom stereocenters. The molecule has 0 saturated heterocycles. The van der Waals surface area contributed by atoms with Gasteiger partial charge in [0.15, 0.2) is 0 Å². The molecular weight excluding hydrogens is 256 g/mol. The van der Waals surface area contributed by atoms with Crippen molar-refractivity contribution in [3.8, 4) is 0 Å². The van der Waals surface area contributed by atoms with Crippen molar-refractivity contribution in [2.24, 2.45) is 0 Å². The van der Waals surface area contributed by atoms with Crippen LogP contribution in [0.3, 0.4) is 0 Å². The summed E-state index contributed by atoms with van der Waals surface area (Å²) in [6, 6.07) is 16.5. The zero-order chi connectivity index (χ0) is 13.8. The second kappa shape index (κ2) is 5.95. The first-order chi connectivity index (χ1) is 9.09. The van der Waals surface area contributed by atoms with Crippen LogP contribution in [0.25, 0.3) is 0 Å². The molecule has 2 rings (SSSR count). The number of aryl methyl sites for hydroxylation is 1. The Bertz CT molecular complexity index is 588. The largest absolute Gasteiger partial charge is 0.383 e. The Labute approximate surface area is 115 Å². The van der Waals surface area contributed by atoms with Crippen molar-refractivity contribution in [2.75, 3.05) is 0 Å². The van der Waals surface area contributed by atoms with Crippen molar-refractivity contribution in [1.82, 2.24) is 0 Å². The van der Waals surface area contributed by atoms with E-state index in [9.17, 15) is 9.32 Å². The summed E-state index contributed by atoms with van der Waals surface area (Å²) in [6.45, 7) is 5.75. The van der Waals surface area contributed by atoms with Gasteiger partial charge in [0.05, 0.1) is 10.8 Å². The Kier molecular flexibility index (Phi) is 4.30. The number of hydrogen-bond acceptors (Lipinski definition) is 2. The van der Waals surface area contributed by atoms with Gasteiger partial charge in [0.2, 0.25) is 0 Å². The molecule has 0 aromatic heterocycles. The minimum Gasteiger partial charge on any atom is -0.383 e. The molecule has 0 aliphatic rings. The molecular formula is C16H16O2S. The third-order valence-electron chi connectivity index (χ3n) is 2.89. The highest BCUT2D eigenvalue weighted by Gasteiger charge is 2.18. The Hall–Kier alpha value is -1.71. The summed E-state index contributed by atoms with van der Waals surface area (Å²) >= 11 is 0. The van der Waals surface area contributed by atoms with Gasteiger partial charge in [0.25, 0.3) is 0 Å². The van der Waals surface area contributed by atoms with E-state index in [1.165, 1.54) is 0 Å². The van der Waals surface area contributed by atoms with Crippen molar-refractivity contribution in [3.63, 3.8) is 0 Å². The normalized spacial score (nSPS) is 13.8.